The van der Waals surface area contributed by atoms with Crippen LogP contribution in [0.2, 0.25) is 0 Å². The largest absolute Gasteiger partial charge is 0.490 e. The summed E-state index contributed by atoms with van der Waals surface area (Å²) in [6.07, 6.45) is 0. The highest BCUT2D eigenvalue weighted by Crippen LogP contribution is 2.27. The number of nitrogens with zero attached hydrogens (tertiary/aromatic N) is 1. The molecule has 0 saturated carbocycles. The number of hydrogen-bond donors (Lipinski definition) is 1. The lowest BCUT2D eigenvalue weighted by Crippen LogP contribution is -2.35. The Kier molecular flexibility index (Phi) is 5.25. The number of ether oxygens (including phenoxy) is 2. The molecule has 1 N–H and O–H groups in total. The topological polar surface area (TPSA) is 90.7 Å². The maximum Gasteiger partial charge on any atom is 0.311 e. The third kappa shape index (κ3) is 3.92. The molecule has 104 valence electrons. The third-order valence-corrected chi connectivity index (χ3v) is 2.43. The van der Waals surface area contributed by atoms with E-state index in [-0.39, 0.29) is 23.0 Å². The number of nitro groups is 1. The van der Waals surface area contributed by atoms with E-state index in [4.69, 9.17) is 9.47 Å². The average Bonchev–Trinajstić information content (AvgIpc) is 2.37. The Balaban J connectivity index is 2.92. The summed E-state index contributed by atoms with van der Waals surface area (Å²) in [5.41, 5.74) is -0.0370. The van der Waals surface area contributed by atoms with E-state index in [9.17, 15) is 14.9 Å². The van der Waals surface area contributed by atoms with Crippen molar-refractivity contribution in [2.24, 2.45) is 0 Å². The van der Waals surface area contributed by atoms with E-state index < -0.39 is 10.8 Å². The second kappa shape index (κ2) is 6.69. The van der Waals surface area contributed by atoms with Crippen molar-refractivity contribution in [1.29, 1.82) is 0 Å². The Morgan fingerprint density at radius 1 is 1.47 bits per heavy atom. The number of methoxy groups -OCH3 is 2. The van der Waals surface area contributed by atoms with Crippen LogP contribution < -0.4 is 10.1 Å². The molecule has 0 aromatic heterocycles. The van der Waals surface area contributed by atoms with Crippen LogP contribution in [0.5, 0.6) is 5.75 Å². The van der Waals surface area contributed by atoms with Crippen molar-refractivity contribution in [1.82, 2.24) is 5.32 Å². The summed E-state index contributed by atoms with van der Waals surface area (Å²) in [6, 6.07) is 3.88. The second-order valence-corrected chi connectivity index (χ2v) is 3.97. The van der Waals surface area contributed by atoms with Crippen molar-refractivity contribution in [3.8, 4) is 5.75 Å². The molecule has 1 amide bonds. The van der Waals surface area contributed by atoms with E-state index in [0.29, 0.717) is 6.61 Å². The summed E-state index contributed by atoms with van der Waals surface area (Å²) in [6.45, 7) is 2.14. The van der Waals surface area contributed by atoms with Gasteiger partial charge in [-0.25, -0.2) is 0 Å². The molecule has 0 aliphatic rings. The van der Waals surface area contributed by atoms with Crippen LogP contribution in [0, 0.1) is 10.1 Å². The van der Waals surface area contributed by atoms with E-state index in [2.05, 4.69) is 5.32 Å². The molecule has 0 fully saturated rings. The number of amides is 1. The van der Waals surface area contributed by atoms with Crippen LogP contribution in [0.1, 0.15) is 17.3 Å². The third-order valence-electron chi connectivity index (χ3n) is 2.43. The Morgan fingerprint density at radius 2 is 2.16 bits per heavy atom. The van der Waals surface area contributed by atoms with Crippen LogP contribution in [-0.2, 0) is 4.74 Å². The predicted octanol–water partition coefficient (Wildman–Crippen LogP) is 1.37. The molecule has 0 saturated heterocycles. The number of hydrogen-bond acceptors (Lipinski definition) is 5. The summed E-state index contributed by atoms with van der Waals surface area (Å²) in [4.78, 5) is 22.1. The highest BCUT2D eigenvalue weighted by molar-refractivity contribution is 5.95. The van der Waals surface area contributed by atoms with Gasteiger partial charge < -0.3 is 14.8 Å². The van der Waals surface area contributed by atoms with Crippen LogP contribution in [0.3, 0.4) is 0 Å². The number of nitro benzene ring substituents is 1. The minimum absolute atomic E-state index is 0.117. The Labute approximate surface area is 110 Å². The summed E-state index contributed by atoms with van der Waals surface area (Å²) in [5.74, 6) is -0.276. The molecule has 0 heterocycles. The fraction of sp³-hybridized carbons (Fsp3) is 0.417. The lowest BCUT2D eigenvalue weighted by molar-refractivity contribution is -0.385. The molecule has 0 aliphatic carbocycles. The van der Waals surface area contributed by atoms with Gasteiger partial charge in [-0.1, -0.05) is 0 Å². The first-order valence-electron chi connectivity index (χ1n) is 5.61. The standard InChI is InChI=1S/C12H16N2O5/c1-8(7-18-2)13-12(15)9-4-5-11(19-3)10(6-9)14(16)17/h4-6,8H,7H2,1-3H3,(H,13,15). The Hall–Kier alpha value is -2.15. The van der Waals surface area contributed by atoms with Crippen LogP contribution in [0.4, 0.5) is 5.69 Å². The zero-order valence-corrected chi connectivity index (χ0v) is 11.0. The molecule has 0 bridgehead atoms. The Morgan fingerprint density at radius 3 is 2.68 bits per heavy atom. The molecule has 1 aromatic carbocycles. The zero-order valence-electron chi connectivity index (χ0n) is 11.0. The van der Waals surface area contributed by atoms with Gasteiger partial charge in [0.05, 0.1) is 18.6 Å². The maximum atomic E-state index is 11.9. The lowest BCUT2D eigenvalue weighted by atomic mass is 10.1. The number of carbonyl (C=O) groups excluding carboxylic acids is 1. The quantitative estimate of drug-likeness (QED) is 0.621. The van der Waals surface area contributed by atoms with Crippen molar-refractivity contribution in [2.45, 2.75) is 13.0 Å². The van der Waals surface area contributed by atoms with Gasteiger partial charge in [-0.05, 0) is 19.1 Å². The van der Waals surface area contributed by atoms with Crippen LogP contribution >= 0.6 is 0 Å². The molecule has 1 atom stereocenters. The van der Waals surface area contributed by atoms with E-state index in [1.54, 1.807) is 6.92 Å². The summed E-state index contributed by atoms with van der Waals surface area (Å²) in [5, 5.41) is 13.5. The van der Waals surface area contributed by atoms with Gasteiger partial charge in [-0.2, -0.15) is 0 Å². The average molecular weight is 268 g/mol. The van der Waals surface area contributed by atoms with Crippen molar-refractivity contribution in [3.05, 3.63) is 33.9 Å². The number of benzene rings is 1. The summed E-state index contributed by atoms with van der Waals surface area (Å²) < 4.78 is 9.76. The van der Waals surface area contributed by atoms with Crippen LogP contribution in [-0.4, -0.2) is 37.7 Å². The molecule has 7 nitrogen and oxygen atoms in total. The normalized spacial score (nSPS) is 11.7. The smallest absolute Gasteiger partial charge is 0.311 e. The SMILES string of the molecule is COCC(C)NC(=O)c1ccc(OC)c([N+](=O)[O-])c1. The van der Waals surface area contributed by atoms with Crippen molar-refractivity contribution < 1.29 is 19.2 Å². The first-order valence-corrected chi connectivity index (χ1v) is 5.61. The summed E-state index contributed by atoms with van der Waals surface area (Å²) >= 11 is 0. The van der Waals surface area contributed by atoms with Gasteiger partial charge >= 0.3 is 5.69 Å². The van der Waals surface area contributed by atoms with Crippen molar-refractivity contribution in [2.75, 3.05) is 20.8 Å². The van der Waals surface area contributed by atoms with Gasteiger partial charge in [0.1, 0.15) is 0 Å². The van der Waals surface area contributed by atoms with E-state index in [1.165, 1.54) is 32.4 Å². The first kappa shape index (κ1) is 14.9. The first-order chi connectivity index (χ1) is 8.99. The van der Waals surface area contributed by atoms with Gasteiger partial charge in [-0.15, -0.1) is 0 Å². The van der Waals surface area contributed by atoms with E-state index in [0.717, 1.165) is 0 Å². The fourth-order valence-corrected chi connectivity index (χ4v) is 1.57. The van der Waals surface area contributed by atoms with Crippen LogP contribution in [0.25, 0.3) is 0 Å². The molecule has 1 aromatic rings. The number of carbonyl (C=O) groups is 1. The molecule has 7 heteroatoms. The highest BCUT2D eigenvalue weighted by atomic mass is 16.6. The Bertz CT molecular complexity index is 475. The molecular weight excluding hydrogens is 252 g/mol. The minimum Gasteiger partial charge on any atom is -0.490 e. The molecular formula is C12H16N2O5. The predicted molar refractivity (Wildman–Crippen MR) is 68.5 cm³/mol. The number of nitrogens with one attached hydrogen (secondary N) is 1. The zero-order chi connectivity index (χ0) is 14.4. The lowest BCUT2D eigenvalue weighted by Gasteiger charge is -2.12. The van der Waals surface area contributed by atoms with Crippen molar-refractivity contribution in [3.63, 3.8) is 0 Å². The maximum absolute atomic E-state index is 11.9. The van der Waals surface area contributed by atoms with E-state index >= 15 is 0 Å². The number of rotatable bonds is 6. The summed E-state index contributed by atoms with van der Waals surface area (Å²) in [7, 11) is 2.86. The molecule has 1 unspecified atom stereocenters. The van der Waals surface area contributed by atoms with Gasteiger partial charge in [-0.3, -0.25) is 14.9 Å². The van der Waals surface area contributed by atoms with Crippen molar-refractivity contribution >= 4 is 11.6 Å². The second-order valence-electron chi connectivity index (χ2n) is 3.97. The fourth-order valence-electron chi connectivity index (χ4n) is 1.57. The highest BCUT2D eigenvalue weighted by Gasteiger charge is 2.18. The molecule has 0 aliphatic heterocycles. The van der Waals surface area contributed by atoms with Gasteiger partial charge in [0.2, 0.25) is 0 Å². The molecule has 1 rings (SSSR count). The molecule has 0 spiro atoms. The minimum atomic E-state index is -0.589. The monoisotopic (exact) mass is 268 g/mol. The van der Waals surface area contributed by atoms with Crippen LogP contribution in [0.15, 0.2) is 18.2 Å². The van der Waals surface area contributed by atoms with E-state index in [1.807, 2.05) is 0 Å². The van der Waals surface area contributed by atoms with Gasteiger partial charge in [0.15, 0.2) is 5.75 Å². The van der Waals surface area contributed by atoms with Gasteiger partial charge in [0.25, 0.3) is 5.91 Å². The molecule has 0 radical (unpaired) electrons. The van der Waals surface area contributed by atoms with Gasteiger partial charge in [0, 0.05) is 24.8 Å². The molecule has 19 heavy (non-hydrogen) atoms.